The summed E-state index contributed by atoms with van der Waals surface area (Å²) in [7, 11) is 0. The predicted molar refractivity (Wildman–Crippen MR) is 64.8 cm³/mol. The number of nitrogens with zero attached hydrogens (tertiary/aromatic N) is 2. The Morgan fingerprint density at radius 3 is 2.88 bits per heavy atom. The van der Waals surface area contributed by atoms with E-state index in [1.165, 1.54) is 11.5 Å². The second kappa shape index (κ2) is 4.65. The summed E-state index contributed by atoms with van der Waals surface area (Å²) < 4.78 is 9.77. The van der Waals surface area contributed by atoms with Crippen molar-refractivity contribution in [1.82, 2.24) is 9.36 Å². The van der Waals surface area contributed by atoms with Gasteiger partial charge in [0.25, 0.3) is 0 Å². The summed E-state index contributed by atoms with van der Waals surface area (Å²) in [6, 6.07) is 4.06. The van der Waals surface area contributed by atoms with Crippen LogP contribution in [-0.4, -0.2) is 9.36 Å². The molecule has 0 aliphatic rings. The van der Waals surface area contributed by atoms with Crippen molar-refractivity contribution >= 4 is 16.7 Å². The van der Waals surface area contributed by atoms with E-state index in [4.69, 9.17) is 4.42 Å². The Labute approximate surface area is 98.9 Å². The van der Waals surface area contributed by atoms with E-state index >= 15 is 0 Å². The second-order valence-electron chi connectivity index (χ2n) is 3.68. The fourth-order valence-corrected chi connectivity index (χ4v) is 2.14. The highest BCUT2D eigenvalue weighted by Gasteiger charge is 2.11. The fourth-order valence-electron chi connectivity index (χ4n) is 1.40. The minimum absolute atomic E-state index is 0.117. The molecule has 0 aromatic carbocycles. The van der Waals surface area contributed by atoms with Gasteiger partial charge in [0.15, 0.2) is 0 Å². The standard InChI is InChI=1S/C11H15N3OS/c1-4-10-13-11(16-14-10)12-8(3)9-6-5-7(2)15-9/h5-6,8H,4H2,1-3H3,(H,12,13,14). The summed E-state index contributed by atoms with van der Waals surface area (Å²) in [4.78, 5) is 4.36. The van der Waals surface area contributed by atoms with Crippen LogP contribution in [0.15, 0.2) is 16.5 Å². The Kier molecular flexibility index (Phi) is 3.24. The van der Waals surface area contributed by atoms with Crippen LogP contribution in [0.1, 0.15) is 37.2 Å². The SMILES string of the molecule is CCc1nsc(NC(C)c2ccc(C)o2)n1. The molecule has 2 rings (SSSR count). The van der Waals surface area contributed by atoms with Gasteiger partial charge in [0.2, 0.25) is 5.13 Å². The maximum atomic E-state index is 5.54. The molecule has 16 heavy (non-hydrogen) atoms. The molecule has 0 radical (unpaired) electrons. The number of rotatable bonds is 4. The minimum atomic E-state index is 0.117. The third kappa shape index (κ3) is 2.41. The predicted octanol–water partition coefficient (Wildman–Crippen LogP) is 3.18. The number of aromatic nitrogens is 2. The number of hydrogen-bond donors (Lipinski definition) is 1. The molecule has 2 aromatic rings. The van der Waals surface area contributed by atoms with Gasteiger partial charge in [-0.15, -0.1) is 0 Å². The van der Waals surface area contributed by atoms with E-state index in [9.17, 15) is 0 Å². The van der Waals surface area contributed by atoms with E-state index in [1.807, 2.05) is 32.9 Å². The van der Waals surface area contributed by atoms with Crippen molar-refractivity contribution in [3.05, 3.63) is 29.5 Å². The maximum absolute atomic E-state index is 5.54. The minimum Gasteiger partial charge on any atom is -0.464 e. The van der Waals surface area contributed by atoms with Gasteiger partial charge in [-0.25, -0.2) is 4.98 Å². The normalized spacial score (nSPS) is 12.7. The van der Waals surface area contributed by atoms with E-state index in [-0.39, 0.29) is 6.04 Å². The molecule has 4 nitrogen and oxygen atoms in total. The topological polar surface area (TPSA) is 51.0 Å². The molecule has 1 atom stereocenters. The first-order valence-corrected chi connectivity index (χ1v) is 6.12. The highest BCUT2D eigenvalue weighted by atomic mass is 32.1. The van der Waals surface area contributed by atoms with Crippen LogP contribution in [-0.2, 0) is 6.42 Å². The molecule has 2 aromatic heterocycles. The van der Waals surface area contributed by atoms with Crippen LogP contribution in [0.2, 0.25) is 0 Å². The number of aryl methyl sites for hydroxylation is 2. The Balaban J connectivity index is 2.04. The lowest BCUT2D eigenvalue weighted by Crippen LogP contribution is -2.05. The van der Waals surface area contributed by atoms with Gasteiger partial charge in [-0.05, 0) is 26.0 Å². The molecule has 0 aliphatic carbocycles. The Bertz CT molecular complexity index is 463. The third-order valence-electron chi connectivity index (χ3n) is 2.31. The summed E-state index contributed by atoms with van der Waals surface area (Å²) in [6.45, 7) is 6.03. The number of furan rings is 1. The van der Waals surface area contributed by atoms with Crippen molar-refractivity contribution in [2.45, 2.75) is 33.2 Å². The number of hydrogen-bond acceptors (Lipinski definition) is 5. The van der Waals surface area contributed by atoms with E-state index in [0.29, 0.717) is 0 Å². The van der Waals surface area contributed by atoms with Crippen LogP contribution in [0, 0.1) is 6.92 Å². The van der Waals surface area contributed by atoms with E-state index in [0.717, 1.165) is 28.9 Å². The first-order chi connectivity index (χ1) is 7.69. The van der Waals surface area contributed by atoms with Gasteiger partial charge in [-0.1, -0.05) is 6.92 Å². The Hall–Kier alpha value is -1.36. The Morgan fingerprint density at radius 2 is 2.31 bits per heavy atom. The van der Waals surface area contributed by atoms with Gasteiger partial charge in [0, 0.05) is 18.0 Å². The summed E-state index contributed by atoms with van der Waals surface area (Å²) in [5, 5.41) is 4.12. The van der Waals surface area contributed by atoms with E-state index < -0.39 is 0 Å². The summed E-state index contributed by atoms with van der Waals surface area (Å²) in [5.41, 5.74) is 0. The average Bonchev–Trinajstić information content (AvgIpc) is 2.87. The largest absolute Gasteiger partial charge is 0.464 e. The molecule has 0 bridgehead atoms. The smallest absolute Gasteiger partial charge is 0.203 e. The molecule has 1 N–H and O–H groups in total. The summed E-state index contributed by atoms with van der Waals surface area (Å²) in [5.74, 6) is 2.73. The van der Waals surface area contributed by atoms with Crippen LogP contribution < -0.4 is 5.32 Å². The monoisotopic (exact) mass is 237 g/mol. The van der Waals surface area contributed by atoms with Crippen LogP contribution >= 0.6 is 11.5 Å². The van der Waals surface area contributed by atoms with Crippen molar-refractivity contribution in [2.75, 3.05) is 5.32 Å². The molecule has 0 fully saturated rings. The first kappa shape index (κ1) is 11.1. The molecule has 2 heterocycles. The van der Waals surface area contributed by atoms with Gasteiger partial charge < -0.3 is 9.73 Å². The molecule has 0 amide bonds. The van der Waals surface area contributed by atoms with Crippen LogP contribution in [0.25, 0.3) is 0 Å². The second-order valence-corrected chi connectivity index (χ2v) is 4.44. The Morgan fingerprint density at radius 1 is 1.50 bits per heavy atom. The van der Waals surface area contributed by atoms with Crippen LogP contribution in [0.4, 0.5) is 5.13 Å². The van der Waals surface area contributed by atoms with Gasteiger partial charge >= 0.3 is 0 Å². The molecule has 1 unspecified atom stereocenters. The lowest BCUT2D eigenvalue weighted by Gasteiger charge is -2.08. The third-order valence-corrected chi connectivity index (χ3v) is 3.00. The fraction of sp³-hybridized carbons (Fsp3) is 0.455. The quantitative estimate of drug-likeness (QED) is 0.887. The van der Waals surface area contributed by atoms with Gasteiger partial charge in [-0.3, -0.25) is 0 Å². The van der Waals surface area contributed by atoms with Crippen LogP contribution in [0.3, 0.4) is 0 Å². The highest BCUT2D eigenvalue weighted by molar-refractivity contribution is 7.09. The zero-order valence-electron chi connectivity index (χ0n) is 9.65. The van der Waals surface area contributed by atoms with Crippen molar-refractivity contribution < 1.29 is 4.42 Å². The molecular formula is C11H15N3OS. The van der Waals surface area contributed by atoms with Crippen molar-refractivity contribution in [1.29, 1.82) is 0 Å². The van der Waals surface area contributed by atoms with Crippen molar-refractivity contribution in [3.8, 4) is 0 Å². The zero-order chi connectivity index (χ0) is 11.5. The maximum Gasteiger partial charge on any atom is 0.203 e. The van der Waals surface area contributed by atoms with Crippen molar-refractivity contribution in [2.24, 2.45) is 0 Å². The molecule has 0 saturated heterocycles. The molecule has 0 aliphatic heterocycles. The molecule has 0 saturated carbocycles. The van der Waals surface area contributed by atoms with E-state index in [2.05, 4.69) is 14.7 Å². The van der Waals surface area contributed by atoms with E-state index in [1.54, 1.807) is 0 Å². The van der Waals surface area contributed by atoms with Crippen molar-refractivity contribution in [3.63, 3.8) is 0 Å². The van der Waals surface area contributed by atoms with Gasteiger partial charge in [-0.2, -0.15) is 4.37 Å². The summed E-state index contributed by atoms with van der Waals surface area (Å²) >= 11 is 1.39. The zero-order valence-corrected chi connectivity index (χ0v) is 10.5. The lowest BCUT2D eigenvalue weighted by atomic mass is 10.2. The number of anilines is 1. The molecule has 0 spiro atoms. The molecule has 86 valence electrons. The average molecular weight is 237 g/mol. The molecule has 5 heteroatoms. The highest BCUT2D eigenvalue weighted by Crippen LogP contribution is 2.22. The molecular weight excluding hydrogens is 222 g/mol. The van der Waals surface area contributed by atoms with Gasteiger partial charge in [0.05, 0.1) is 6.04 Å². The first-order valence-electron chi connectivity index (χ1n) is 5.34. The van der Waals surface area contributed by atoms with Crippen LogP contribution in [0.5, 0.6) is 0 Å². The lowest BCUT2D eigenvalue weighted by molar-refractivity contribution is 0.467. The summed E-state index contributed by atoms with van der Waals surface area (Å²) in [6.07, 6.45) is 0.867. The van der Waals surface area contributed by atoms with Gasteiger partial charge in [0.1, 0.15) is 17.3 Å². The number of nitrogens with one attached hydrogen (secondary N) is 1.